The Bertz CT molecular complexity index is 656. The van der Waals surface area contributed by atoms with Gasteiger partial charge >= 0.3 is 0 Å². The van der Waals surface area contributed by atoms with E-state index in [1.807, 2.05) is 6.92 Å². The van der Waals surface area contributed by atoms with Crippen molar-refractivity contribution >= 4 is 21.7 Å². The second-order valence-corrected chi connectivity index (χ2v) is 5.37. The Morgan fingerprint density at radius 3 is 2.50 bits per heavy atom. The van der Waals surface area contributed by atoms with Crippen LogP contribution in [0, 0.1) is 6.92 Å². The number of anilines is 2. The van der Waals surface area contributed by atoms with Crippen molar-refractivity contribution in [1.29, 1.82) is 0 Å². The van der Waals surface area contributed by atoms with Crippen molar-refractivity contribution in [2.24, 2.45) is 0 Å². The molecule has 1 heterocycles. The van der Waals surface area contributed by atoms with Crippen molar-refractivity contribution in [2.75, 3.05) is 10.5 Å². The molecule has 1 aromatic carbocycles. The van der Waals surface area contributed by atoms with E-state index in [1.165, 1.54) is 18.5 Å². The van der Waals surface area contributed by atoms with E-state index in [9.17, 15) is 8.42 Å². The van der Waals surface area contributed by atoms with Crippen molar-refractivity contribution in [3.63, 3.8) is 0 Å². The third-order valence-electron chi connectivity index (χ3n) is 2.25. The zero-order valence-electron chi connectivity index (χ0n) is 9.66. The van der Waals surface area contributed by atoms with E-state index in [0.29, 0.717) is 0 Å². The van der Waals surface area contributed by atoms with Gasteiger partial charge in [-0.15, -0.1) is 0 Å². The Morgan fingerprint density at radius 2 is 1.89 bits per heavy atom. The first kappa shape index (κ1) is 12.3. The smallest absolute Gasteiger partial charge is 0.266 e. The Labute approximate surface area is 105 Å². The van der Waals surface area contributed by atoms with E-state index in [4.69, 9.17) is 5.73 Å². The number of hydrogen-bond donors (Lipinski definition) is 2. The molecule has 18 heavy (non-hydrogen) atoms. The number of hydrogen-bond acceptors (Lipinski definition) is 5. The molecule has 3 N–H and O–H groups in total. The third-order valence-corrected chi connectivity index (χ3v) is 3.65. The molecule has 6 nitrogen and oxygen atoms in total. The van der Waals surface area contributed by atoms with Crippen LogP contribution < -0.4 is 10.5 Å². The Balaban J connectivity index is 2.37. The summed E-state index contributed by atoms with van der Waals surface area (Å²) in [6.45, 7) is 1.83. The summed E-state index contributed by atoms with van der Waals surface area (Å²) in [6, 6.07) is 6.32. The molecule has 0 unspecified atom stereocenters. The number of aromatic nitrogens is 2. The van der Waals surface area contributed by atoms with Crippen LogP contribution in [0.25, 0.3) is 0 Å². The van der Waals surface area contributed by atoms with Crippen molar-refractivity contribution < 1.29 is 8.42 Å². The van der Waals surface area contributed by atoms with E-state index >= 15 is 0 Å². The van der Waals surface area contributed by atoms with Crippen LogP contribution >= 0.6 is 0 Å². The normalized spacial score (nSPS) is 11.2. The Morgan fingerprint density at radius 1 is 1.22 bits per heavy atom. The van der Waals surface area contributed by atoms with Crippen LogP contribution in [0.1, 0.15) is 5.56 Å². The summed E-state index contributed by atoms with van der Waals surface area (Å²) in [6.07, 6.45) is 2.90. The second-order valence-electron chi connectivity index (χ2n) is 3.72. The number of sulfonamides is 1. The number of nitrogens with two attached hydrogens (primary N) is 1. The molecule has 0 bridgehead atoms. The van der Waals surface area contributed by atoms with Crippen molar-refractivity contribution in [1.82, 2.24) is 9.97 Å². The molecule has 7 heteroatoms. The molecule has 0 fully saturated rings. The van der Waals surface area contributed by atoms with Gasteiger partial charge in [-0.1, -0.05) is 6.07 Å². The highest BCUT2D eigenvalue weighted by Gasteiger charge is 2.18. The van der Waals surface area contributed by atoms with E-state index in [2.05, 4.69) is 14.7 Å². The summed E-state index contributed by atoms with van der Waals surface area (Å²) in [4.78, 5) is 7.60. The summed E-state index contributed by atoms with van der Waals surface area (Å²) in [5, 5.41) is 0. The van der Waals surface area contributed by atoms with Gasteiger partial charge in [-0.2, -0.15) is 0 Å². The molecule has 0 saturated carbocycles. The minimum absolute atomic E-state index is 0.0116. The molecule has 0 spiro atoms. The number of nitrogen functional groups attached to an aromatic ring is 1. The van der Waals surface area contributed by atoms with Crippen LogP contribution in [0.15, 0.2) is 41.6 Å². The largest absolute Gasteiger partial charge is 0.398 e. The average molecular weight is 264 g/mol. The lowest BCUT2D eigenvalue weighted by Crippen LogP contribution is -2.16. The van der Waals surface area contributed by atoms with Gasteiger partial charge in [0.2, 0.25) is 5.95 Å². The first-order valence-electron chi connectivity index (χ1n) is 5.15. The second kappa shape index (κ2) is 4.61. The molecule has 0 saturated heterocycles. The highest BCUT2D eigenvalue weighted by molar-refractivity contribution is 7.92. The summed E-state index contributed by atoms with van der Waals surface area (Å²) in [7, 11) is -3.76. The minimum atomic E-state index is -3.76. The molecule has 1 aromatic heterocycles. The zero-order valence-corrected chi connectivity index (χ0v) is 10.5. The van der Waals surface area contributed by atoms with E-state index in [0.717, 1.165) is 5.56 Å². The third kappa shape index (κ3) is 2.57. The van der Waals surface area contributed by atoms with Gasteiger partial charge in [0, 0.05) is 12.4 Å². The summed E-state index contributed by atoms with van der Waals surface area (Å²) in [5.74, 6) is 0.0116. The fourth-order valence-electron chi connectivity index (χ4n) is 1.44. The van der Waals surface area contributed by atoms with Crippen LogP contribution in [0.4, 0.5) is 11.6 Å². The van der Waals surface area contributed by atoms with Crippen LogP contribution in [-0.4, -0.2) is 18.4 Å². The fraction of sp³-hybridized carbons (Fsp3) is 0.0909. The number of aryl methyl sites for hydroxylation is 1. The predicted octanol–water partition coefficient (Wildman–Crippen LogP) is 1.17. The van der Waals surface area contributed by atoms with Crippen molar-refractivity contribution in [2.45, 2.75) is 11.8 Å². The highest BCUT2D eigenvalue weighted by atomic mass is 32.2. The molecule has 0 aliphatic rings. The molecule has 2 aromatic rings. The van der Waals surface area contributed by atoms with Crippen LogP contribution in [0.2, 0.25) is 0 Å². The maximum absolute atomic E-state index is 12.1. The lowest BCUT2D eigenvalue weighted by atomic mass is 10.2. The quantitative estimate of drug-likeness (QED) is 0.811. The molecule has 0 atom stereocenters. The molecule has 94 valence electrons. The summed E-state index contributed by atoms with van der Waals surface area (Å²) < 4.78 is 26.4. The Hall–Kier alpha value is -2.15. The van der Waals surface area contributed by atoms with E-state index < -0.39 is 10.0 Å². The Kier molecular flexibility index (Phi) is 3.15. The van der Waals surface area contributed by atoms with Crippen LogP contribution in [-0.2, 0) is 10.0 Å². The highest BCUT2D eigenvalue weighted by Crippen LogP contribution is 2.21. The van der Waals surface area contributed by atoms with Crippen molar-refractivity contribution in [3.8, 4) is 0 Å². The fourth-order valence-corrected chi connectivity index (χ4v) is 2.51. The number of nitrogens with one attached hydrogen (secondary N) is 1. The van der Waals surface area contributed by atoms with Gasteiger partial charge < -0.3 is 5.73 Å². The van der Waals surface area contributed by atoms with E-state index in [1.54, 1.807) is 18.2 Å². The van der Waals surface area contributed by atoms with E-state index in [-0.39, 0.29) is 16.5 Å². The van der Waals surface area contributed by atoms with Gasteiger partial charge in [-0.05, 0) is 30.7 Å². The molecule has 0 aliphatic heterocycles. The first-order chi connectivity index (χ1) is 8.49. The monoisotopic (exact) mass is 264 g/mol. The van der Waals surface area contributed by atoms with Crippen LogP contribution in [0.5, 0.6) is 0 Å². The maximum atomic E-state index is 12.1. The zero-order chi connectivity index (χ0) is 13.2. The number of benzene rings is 1. The average Bonchev–Trinajstić information content (AvgIpc) is 2.29. The molecule has 0 aliphatic carbocycles. The topological polar surface area (TPSA) is 98.0 Å². The number of nitrogens with zero attached hydrogens (tertiary/aromatic N) is 2. The molecule has 2 rings (SSSR count). The van der Waals surface area contributed by atoms with Crippen LogP contribution in [0.3, 0.4) is 0 Å². The van der Waals surface area contributed by atoms with Gasteiger partial charge in [-0.3, -0.25) is 0 Å². The molecule has 0 radical (unpaired) electrons. The molecular formula is C11H12N4O2S. The van der Waals surface area contributed by atoms with Gasteiger partial charge in [0.05, 0.1) is 5.69 Å². The predicted molar refractivity (Wildman–Crippen MR) is 68.4 cm³/mol. The molecule has 0 amide bonds. The standard InChI is InChI=1S/C11H12N4O2S/c1-8-3-4-10(9(12)7-8)18(16,17)15-11-13-5-2-6-14-11/h2-7H,12H2,1H3,(H,13,14,15). The lowest BCUT2D eigenvalue weighted by Gasteiger charge is -2.09. The first-order valence-corrected chi connectivity index (χ1v) is 6.63. The SMILES string of the molecule is Cc1ccc(S(=O)(=O)Nc2ncccn2)c(N)c1. The van der Waals surface area contributed by atoms with Gasteiger partial charge in [-0.25, -0.2) is 23.1 Å². The molecular weight excluding hydrogens is 252 g/mol. The summed E-state index contributed by atoms with van der Waals surface area (Å²) in [5.41, 5.74) is 6.79. The minimum Gasteiger partial charge on any atom is -0.398 e. The maximum Gasteiger partial charge on any atom is 0.266 e. The van der Waals surface area contributed by atoms with Crippen molar-refractivity contribution in [3.05, 3.63) is 42.2 Å². The summed E-state index contributed by atoms with van der Waals surface area (Å²) >= 11 is 0. The van der Waals surface area contributed by atoms with Gasteiger partial charge in [0.1, 0.15) is 4.90 Å². The lowest BCUT2D eigenvalue weighted by molar-refractivity contribution is 0.601. The van der Waals surface area contributed by atoms with Gasteiger partial charge in [0.25, 0.3) is 10.0 Å². The van der Waals surface area contributed by atoms with Gasteiger partial charge in [0.15, 0.2) is 0 Å². The number of rotatable bonds is 3.